The van der Waals surface area contributed by atoms with Gasteiger partial charge >= 0.3 is 0 Å². The minimum Gasteiger partial charge on any atom is -0.492 e. The molecule has 0 unspecified atom stereocenters. The molecule has 4 nitrogen and oxygen atoms in total. The molecule has 108 valence electrons. The van der Waals surface area contributed by atoms with Gasteiger partial charge < -0.3 is 10.1 Å². The van der Waals surface area contributed by atoms with Crippen molar-refractivity contribution in [1.29, 1.82) is 0 Å². The van der Waals surface area contributed by atoms with Crippen molar-refractivity contribution in [1.82, 2.24) is 5.32 Å². The number of hydrogen-bond acceptors (Lipinski definition) is 4. The van der Waals surface area contributed by atoms with Crippen LogP contribution in [0.2, 0.25) is 0 Å². The first-order valence-electron chi connectivity index (χ1n) is 6.56. The Morgan fingerprint density at radius 1 is 1.26 bits per heavy atom. The molecule has 0 aliphatic carbocycles. The zero-order valence-corrected chi connectivity index (χ0v) is 12.7. The van der Waals surface area contributed by atoms with Crippen LogP contribution < -0.4 is 10.1 Å². The second kappa shape index (κ2) is 7.50. The lowest BCUT2D eigenvalue weighted by atomic mass is 10.1. The van der Waals surface area contributed by atoms with Crippen LogP contribution in [0.3, 0.4) is 0 Å². The van der Waals surface area contributed by atoms with Gasteiger partial charge in [-0.3, -0.25) is 0 Å². The topological polar surface area (TPSA) is 55.4 Å². The number of nitrogens with one attached hydrogen (secondary N) is 1. The summed E-state index contributed by atoms with van der Waals surface area (Å²) in [6.45, 7) is 4.80. The van der Waals surface area contributed by atoms with Gasteiger partial charge in [-0.2, -0.15) is 0 Å². The van der Waals surface area contributed by atoms with E-state index in [9.17, 15) is 8.42 Å². The van der Waals surface area contributed by atoms with Gasteiger partial charge in [0.15, 0.2) is 9.84 Å². The third-order valence-electron chi connectivity index (χ3n) is 2.75. The molecule has 0 bridgehead atoms. The highest BCUT2D eigenvalue weighted by Gasteiger charge is 2.10. The molecular weight excluding hydrogens is 262 g/mol. The maximum Gasteiger partial charge on any atom is 0.153 e. The van der Waals surface area contributed by atoms with E-state index >= 15 is 0 Å². The zero-order valence-electron chi connectivity index (χ0n) is 11.9. The van der Waals surface area contributed by atoms with E-state index < -0.39 is 9.84 Å². The van der Waals surface area contributed by atoms with Crippen molar-refractivity contribution < 1.29 is 13.2 Å². The van der Waals surface area contributed by atoms with Gasteiger partial charge in [0.25, 0.3) is 0 Å². The number of sulfone groups is 1. The van der Waals surface area contributed by atoms with Crippen LogP contribution in [0.1, 0.15) is 24.5 Å². The molecule has 0 radical (unpaired) electrons. The van der Waals surface area contributed by atoms with Gasteiger partial charge in [0.05, 0.1) is 11.5 Å². The molecule has 19 heavy (non-hydrogen) atoms. The van der Waals surface area contributed by atoms with Crippen molar-refractivity contribution in [2.24, 2.45) is 0 Å². The van der Waals surface area contributed by atoms with E-state index in [0.717, 1.165) is 16.9 Å². The van der Waals surface area contributed by atoms with Crippen molar-refractivity contribution in [2.45, 2.75) is 26.8 Å². The standard InChI is InChI=1S/C14H23NO3S/c1-4-8-19(16,17)9-7-18-14-6-5-12(2)10-13(14)11-15-3/h5-6,10,15H,4,7-9,11H2,1-3H3. The summed E-state index contributed by atoms with van der Waals surface area (Å²) in [7, 11) is -1.10. The molecule has 0 spiro atoms. The van der Waals surface area contributed by atoms with Gasteiger partial charge in [0.1, 0.15) is 12.4 Å². The third-order valence-corrected chi connectivity index (χ3v) is 4.57. The Bertz CT molecular complexity index is 497. The Morgan fingerprint density at radius 3 is 2.63 bits per heavy atom. The van der Waals surface area contributed by atoms with Crippen LogP contribution in [0, 0.1) is 6.92 Å². The summed E-state index contributed by atoms with van der Waals surface area (Å²) in [5.41, 5.74) is 2.21. The minimum absolute atomic E-state index is 0.0771. The van der Waals surface area contributed by atoms with Crippen molar-refractivity contribution in [3.05, 3.63) is 29.3 Å². The molecule has 1 aromatic carbocycles. The van der Waals surface area contributed by atoms with Crippen molar-refractivity contribution in [2.75, 3.05) is 25.2 Å². The van der Waals surface area contributed by atoms with Crippen LogP contribution in [0.25, 0.3) is 0 Å². The monoisotopic (exact) mass is 285 g/mol. The van der Waals surface area contributed by atoms with Gasteiger partial charge in [-0.15, -0.1) is 0 Å². The molecule has 0 atom stereocenters. The fourth-order valence-electron chi connectivity index (χ4n) is 1.87. The van der Waals surface area contributed by atoms with E-state index in [1.54, 1.807) is 0 Å². The van der Waals surface area contributed by atoms with E-state index in [0.29, 0.717) is 13.0 Å². The van der Waals surface area contributed by atoms with Gasteiger partial charge in [-0.05, 0) is 26.5 Å². The summed E-state index contributed by atoms with van der Waals surface area (Å²) >= 11 is 0. The maximum absolute atomic E-state index is 11.6. The second-order valence-corrected chi connectivity index (χ2v) is 6.95. The predicted octanol–water partition coefficient (Wildman–Crippen LogP) is 1.92. The largest absolute Gasteiger partial charge is 0.492 e. The van der Waals surface area contributed by atoms with Crippen molar-refractivity contribution in [3.63, 3.8) is 0 Å². The lowest BCUT2D eigenvalue weighted by molar-refractivity contribution is 0.336. The summed E-state index contributed by atoms with van der Waals surface area (Å²) in [4.78, 5) is 0. The first kappa shape index (κ1) is 16.0. The molecule has 5 heteroatoms. The maximum atomic E-state index is 11.6. The van der Waals surface area contributed by atoms with E-state index in [4.69, 9.17) is 4.74 Å². The normalized spacial score (nSPS) is 11.5. The minimum atomic E-state index is -2.98. The zero-order chi connectivity index (χ0) is 14.3. The van der Waals surface area contributed by atoms with E-state index in [1.165, 1.54) is 0 Å². The summed E-state index contributed by atoms with van der Waals surface area (Å²) < 4.78 is 28.8. The summed E-state index contributed by atoms with van der Waals surface area (Å²) in [6.07, 6.45) is 0.651. The van der Waals surface area contributed by atoms with Crippen LogP contribution >= 0.6 is 0 Å². The van der Waals surface area contributed by atoms with E-state index in [2.05, 4.69) is 5.32 Å². The van der Waals surface area contributed by atoms with Crippen LogP contribution in [-0.4, -0.2) is 33.6 Å². The van der Waals surface area contributed by atoms with Gasteiger partial charge in [0.2, 0.25) is 0 Å². The second-order valence-electron chi connectivity index (χ2n) is 4.64. The molecule has 1 N–H and O–H groups in total. The highest BCUT2D eigenvalue weighted by molar-refractivity contribution is 7.91. The first-order chi connectivity index (χ1) is 8.98. The molecule has 0 aliphatic heterocycles. The number of rotatable bonds is 8. The number of ether oxygens (including phenoxy) is 1. The lowest BCUT2D eigenvalue weighted by Crippen LogP contribution is -2.17. The van der Waals surface area contributed by atoms with Crippen LogP contribution in [-0.2, 0) is 16.4 Å². The van der Waals surface area contributed by atoms with Gasteiger partial charge in [0, 0.05) is 12.1 Å². The number of hydrogen-bond donors (Lipinski definition) is 1. The number of aryl methyl sites for hydroxylation is 1. The fraction of sp³-hybridized carbons (Fsp3) is 0.571. The Labute approximate surface area is 116 Å². The van der Waals surface area contributed by atoms with Gasteiger partial charge in [-0.1, -0.05) is 24.6 Å². The Hall–Kier alpha value is -1.07. The molecule has 1 rings (SSSR count). The van der Waals surface area contributed by atoms with Crippen LogP contribution in [0.15, 0.2) is 18.2 Å². The van der Waals surface area contributed by atoms with E-state index in [-0.39, 0.29) is 18.1 Å². The molecular formula is C14H23NO3S. The highest BCUT2D eigenvalue weighted by atomic mass is 32.2. The van der Waals surface area contributed by atoms with Gasteiger partial charge in [-0.25, -0.2) is 8.42 Å². The average Bonchev–Trinajstić information content (AvgIpc) is 2.32. The quantitative estimate of drug-likeness (QED) is 0.793. The molecule has 0 saturated heterocycles. The Balaban J connectivity index is 2.62. The molecule has 1 aromatic rings. The average molecular weight is 285 g/mol. The lowest BCUT2D eigenvalue weighted by Gasteiger charge is -2.12. The molecule has 0 aliphatic rings. The molecule has 0 saturated carbocycles. The first-order valence-corrected chi connectivity index (χ1v) is 8.38. The van der Waals surface area contributed by atoms with Crippen LogP contribution in [0.5, 0.6) is 5.75 Å². The summed E-state index contributed by atoms with van der Waals surface area (Å²) in [6, 6.07) is 5.91. The van der Waals surface area contributed by atoms with Crippen molar-refractivity contribution in [3.8, 4) is 5.75 Å². The Morgan fingerprint density at radius 2 is 2.00 bits per heavy atom. The highest BCUT2D eigenvalue weighted by Crippen LogP contribution is 2.20. The molecule has 0 amide bonds. The fourth-order valence-corrected chi connectivity index (χ4v) is 3.03. The third kappa shape index (κ3) is 5.61. The van der Waals surface area contributed by atoms with Crippen molar-refractivity contribution >= 4 is 9.84 Å². The predicted molar refractivity (Wildman–Crippen MR) is 78.4 cm³/mol. The van der Waals surface area contributed by atoms with E-state index in [1.807, 2.05) is 39.1 Å². The molecule has 0 fully saturated rings. The number of benzene rings is 1. The Kier molecular flexibility index (Phi) is 6.31. The summed E-state index contributed by atoms with van der Waals surface area (Å²) in [5.74, 6) is 1.06. The summed E-state index contributed by atoms with van der Waals surface area (Å²) in [5, 5.41) is 3.08. The van der Waals surface area contributed by atoms with Crippen LogP contribution in [0.4, 0.5) is 0 Å². The SMILES string of the molecule is CCCS(=O)(=O)CCOc1ccc(C)cc1CNC. The molecule has 0 heterocycles. The smallest absolute Gasteiger partial charge is 0.153 e. The molecule has 0 aromatic heterocycles.